The lowest BCUT2D eigenvalue weighted by Gasteiger charge is -2.15. The second kappa shape index (κ2) is 8.76. The van der Waals surface area contributed by atoms with Gasteiger partial charge in [0.1, 0.15) is 0 Å². The molecule has 0 radical (unpaired) electrons. The van der Waals surface area contributed by atoms with E-state index in [-0.39, 0.29) is 21.4 Å². The Kier molecular flexibility index (Phi) is 5.78. The molecule has 2 heterocycles. The predicted molar refractivity (Wildman–Crippen MR) is 139 cm³/mol. The maximum Gasteiger partial charge on any atom is 0.255 e. The van der Waals surface area contributed by atoms with Crippen molar-refractivity contribution in [2.75, 3.05) is 14.1 Å². The summed E-state index contributed by atoms with van der Waals surface area (Å²) >= 11 is 12.3. The maximum absolute atomic E-state index is 13.1. The number of nitrogens with zero attached hydrogens (tertiary/aromatic N) is 3. The molecular formula is C27H21Cl2N3O2. The molecular weight excluding hydrogens is 469 g/mol. The van der Waals surface area contributed by atoms with Crippen LogP contribution < -0.4 is 5.56 Å². The van der Waals surface area contributed by atoms with Crippen molar-refractivity contribution < 1.29 is 5.11 Å². The number of phenolic OH excluding ortho intramolecular Hbond substituents is 1. The van der Waals surface area contributed by atoms with Gasteiger partial charge in [0.05, 0.1) is 21.1 Å². The Morgan fingerprint density at radius 1 is 0.912 bits per heavy atom. The van der Waals surface area contributed by atoms with E-state index in [2.05, 4.69) is 9.88 Å². The second-order valence-corrected chi connectivity index (χ2v) is 9.31. The van der Waals surface area contributed by atoms with Gasteiger partial charge in [-0.3, -0.25) is 14.3 Å². The van der Waals surface area contributed by atoms with Gasteiger partial charge in [-0.2, -0.15) is 0 Å². The number of hydrogen-bond acceptors (Lipinski definition) is 4. The van der Waals surface area contributed by atoms with Gasteiger partial charge in [0.25, 0.3) is 5.56 Å². The Labute approximate surface area is 206 Å². The fourth-order valence-corrected chi connectivity index (χ4v) is 4.68. The van der Waals surface area contributed by atoms with Crippen LogP contribution in [0.15, 0.2) is 77.7 Å². The van der Waals surface area contributed by atoms with Crippen LogP contribution in [0, 0.1) is 0 Å². The molecule has 170 valence electrons. The molecule has 0 bridgehead atoms. The van der Waals surface area contributed by atoms with Crippen LogP contribution in [-0.4, -0.2) is 33.7 Å². The first-order chi connectivity index (χ1) is 16.3. The molecule has 1 N–H and O–H groups in total. The first kappa shape index (κ1) is 22.4. The van der Waals surface area contributed by atoms with Crippen LogP contribution >= 0.6 is 23.2 Å². The lowest BCUT2D eigenvalue weighted by atomic mass is 10.0. The number of rotatable bonds is 4. The van der Waals surface area contributed by atoms with Crippen molar-refractivity contribution in [1.82, 2.24) is 14.5 Å². The van der Waals surface area contributed by atoms with Crippen molar-refractivity contribution in [2.24, 2.45) is 0 Å². The maximum atomic E-state index is 13.1. The number of fused-ring (bicyclic) bond motifs is 3. The summed E-state index contributed by atoms with van der Waals surface area (Å²) in [6.45, 7) is 0.818. The van der Waals surface area contributed by atoms with E-state index in [1.807, 2.05) is 56.6 Å². The second-order valence-electron chi connectivity index (χ2n) is 8.49. The van der Waals surface area contributed by atoms with Crippen molar-refractivity contribution in [3.05, 3.63) is 98.9 Å². The monoisotopic (exact) mass is 489 g/mol. The van der Waals surface area contributed by atoms with Crippen LogP contribution in [0.25, 0.3) is 38.6 Å². The van der Waals surface area contributed by atoms with Gasteiger partial charge in [-0.05, 0) is 73.3 Å². The quantitative estimate of drug-likeness (QED) is 0.301. The molecule has 0 spiro atoms. The molecule has 5 nitrogen and oxygen atoms in total. The molecule has 7 heteroatoms. The first-order valence-electron chi connectivity index (χ1n) is 10.7. The van der Waals surface area contributed by atoms with Gasteiger partial charge in [-0.1, -0.05) is 41.4 Å². The summed E-state index contributed by atoms with van der Waals surface area (Å²) in [6.07, 6.45) is 1.78. The normalized spacial score (nSPS) is 11.6. The lowest BCUT2D eigenvalue weighted by Crippen LogP contribution is -2.18. The molecule has 0 unspecified atom stereocenters. The van der Waals surface area contributed by atoms with Crippen molar-refractivity contribution in [3.63, 3.8) is 0 Å². The number of pyridine rings is 2. The van der Waals surface area contributed by atoms with Gasteiger partial charge >= 0.3 is 0 Å². The molecule has 0 aliphatic carbocycles. The van der Waals surface area contributed by atoms with E-state index >= 15 is 0 Å². The van der Waals surface area contributed by atoms with Crippen molar-refractivity contribution in [1.29, 1.82) is 0 Å². The Balaban J connectivity index is 1.76. The van der Waals surface area contributed by atoms with Crippen LogP contribution in [-0.2, 0) is 6.54 Å². The van der Waals surface area contributed by atoms with E-state index in [1.165, 1.54) is 0 Å². The van der Waals surface area contributed by atoms with Gasteiger partial charge < -0.3 is 10.0 Å². The van der Waals surface area contributed by atoms with Crippen LogP contribution in [0.3, 0.4) is 0 Å². The number of phenols is 1. The number of benzene rings is 3. The Hall–Kier alpha value is -3.38. The van der Waals surface area contributed by atoms with E-state index < -0.39 is 0 Å². The van der Waals surface area contributed by atoms with E-state index in [4.69, 9.17) is 23.2 Å². The summed E-state index contributed by atoms with van der Waals surface area (Å²) in [4.78, 5) is 19.8. The Morgan fingerprint density at radius 2 is 1.62 bits per heavy atom. The van der Waals surface area contributed by atoms with Gasteiger partial charge in [0.15, 0.2) is 5.75 Å². The molecule has 0 saturated heterocycles. The minimum Gasteiger partial charge on any atom is -0.505 e. The molecule has 5 aromatic rings. The van der Waals surface area contributed by atoms with Crippen molar-refractivity contribution >= 4 is 45.0 Å². The molecule has 3 aromatic carbocycles. The van der Waals surface area contributed by atoms with E-state index in [1.54, 1.807) is 35.0 Å². The summed E-state index contributed by atoms with van der Waals surface area (Å²) in [7, 11) is 4.04. The summed E-state index contributed by atoms with van der Waals surface area (Å²) < 4.78 is 1.72. The summed E-state index contributed by atoms with van der Waals surface area (Å²) in [5.41, 5.74) is 4.95. The van der Waals surface area contributed by atoms with Gasteiger partial charge in [0, 0.05) is 35.3 Å². The van der Waals surface area contributed by atoms with Crippen LogP contribution in [0.4, 0.5) is 0 Å². The number of aromatic nitrogens is 2. The number of halogens is 2. The highest BCUT2D eigenvalue weighted by atomic mass is 35.5. The van der Waals surface area contributed by atoms with Crippen LogP contribution in [0.2, 0.25) is 10.0 Å². The molecule has 0 aliphatic heterocycles. The highest BCUT2D eigenvalue weighted by Crippen LogP contribution is 2.37. The molecule has 0 saturated carbocycles. The van der Waals surface area contributed by atoms with Crippen molar-refractivity contribution in [3.8, 4) is 22.6 Å². The predicted octanol–water partition coefficient (Wildman–Crippen LogP) is 6.28. The molecule has 2 aromatic heterocycles. The highest BCUT2D eigenvalue weighted by Gasteiger charge is 2.13. The topological polar surface area (TPSA) is 58.4 Å². The van der Waals surface area contributed by atoms with Crippen LogP contribution in [0.1, 0.15) is 5.56 Å². The Bertz CT molecular complexity index is 1590. The highest BCUT2D eigenvalue weighted by molar-refractivity contribution is 6.37. The zero-order valence-corrected chi connectivity index (χ0v) is 20.1. The van der Waals surface area contributed by atoms with Gasteiger partial charge in [-0.25, -0.2) is 0 Å². The van der Waals surface area contributed by atoms with Crippen molar-refractivity contribution in [2.45, 2.75) is 6.54 Å². The minimum atomic E-state index is -0.147. The average molecular weight is 490 g/mol. The standard InChI is InChI=1S/C27H21Cl2N3O2/c1-31(2)15-16-3-7-20(8-4-16)32-25(33)10-6-18-14-30-24-9-5-17(11-21(24)26(18)32)19-12-22(28)27(34)23(29)13-19/h3-14,34H,15H2,1-2H3. The summed E-state index contributed by atoms with van der Waals surface area (Å²) in [5, 5.41) is 12.0. The third kappa shape index (κ3) is 4.03. The van der Waals surface area contributed by atoms with Gasteiger partial charge in [0.2, 0.25) is 0 Å². The zero-order chi connectivity index (χ0) is 24.0. The largest absolute Gasteiger partial charge is 0.505 e. The molecule has 5 rings (SSSR count). The van der Waals surface area contributed by atoms with E-state index in [9.17, 15) is 9.90 Å². The summed E-state index contributed by atoms with van der Waals surface area (Å²) in [6, 6.07) is 20.5. The van der Waals surface area contributed by atoms with Crippen LogP contribution in [0.5, 0.6) is 5.75 Å². The number of aromatic hydroxyl groups is 1. The van der Waals surface area contributed by atoms with E-state index in [0.29, 0.717) is 0 Å². The van der Waals surface area contributed by atoms with E-state index in [0.717, 1.165) is 50.7 Å². The van der Waals surface area contributed by atoms with Gasteiger partial charge in [-0.15, -0.1) is 0 Å². The summed E-state index contributed by atoms with van der Waals surface area (Å²) in [5.74, 6) is -0.147. The molecule has 0 atom stereocenters. The minimum absolute atomic E-state index is 0.124. The molecule has 0 amide bonds. The fraction of sp³-hybridized carbons (Fsp3) is 0.111. The average Bonchev–Trinajstić information content (AvgIpc) is 2.82. The molecule has 0 fully saturated rings. The third-order valence-electron chi connectivity index (χ3n) is 5.76. The lowest BCUT2D eigenvalue weighted by molar-refractivity contribution is 0.402. The smallest absolute Gasteiger partial charge is 0.255 e. The SMILES string of the molecule is CN(C)Cc1ccc(-n2c(=O)ccc3cnc4ccc(-c5cc(Cl)c(O)c(Cl)c5)cc4c32)cc1. The molecule has 0 aliphatic rings. The first-order valence-corrected chi connectivity index (χ1v) is 11.4. The zero-order valence-electron chi connectivity index (χ0n) is 18.6. The molecule has 34 heavy (non-hydrogen) atoms. The fourth-order valence-electron chi connectivity index (χ4n) is 4.19. The number of hydrogen-bond donors (Lipinski definition) is 1. The third-order valence-corrected chi connectivity index (χ3v) is 6.34. The Morgan fingerprint density at radius 3 is 2.29 bits per heavy atom.